The Labute approximate surface area is 76.1 Å². The van der Waals surface area contributed by atoms with E-state index in [-0.39, 0.29) is 0 Å². The van der Waals surface area contributed by atoms with E-state index < -0.39 is 0 Å². The second-order valence-electron chi connectivity index (χ2n) is 3.45. The number of fused-ring (bicyclic) bond motifs is 2. The van der Waals surface area contributed by atoms with Crippen LogP contribution in [0.3, 0.4) is 0 Å². The number of rotatable bonds is 0. The number of hydrogen-bond acceptors (Lipinski definition) is 2. The lowest BCUT2D eigenvalue weighted by Gasteiger charge is -2.35. The highest BCUT2D eigenvalue weighted by molar-refractivity contribution is 14.1. The molecule has 2 heterocycles. The van der Waals surface area contributed by atoms with Crippen molar-refractivity contribution in [1.29, 1.82) is 0 Å². The summed E-state index contributed by atoms with van der Waals surface area (Å²) in [6.45, 7) is 2.55. The van der Waals surface area contributed by atoms with E-state index in [0.717, 1.165) is 12.1 Å². The molecule has 0 spiro atoms. The molecule has 0 amide bonds. The molecule has 3 heteroatoms. The van der Waals surface area contributed by atoms with Crippen LogP contribution in [0.25, 0.3) is 0 Å². The highest BCUT2D eigenvalue weighted by Gasteiger charge is 2.37. The Bertz CT molecular complexity index is 126. The van der Waals surface area contributed by atoms with Crippen molar-refractivity contribution < 1.29 is 0 Å². The van der Waals surface area contributed by atoms with Gasteiger partial charge in [0, 0.05) is 48.0 Å². The molecule has 0 aromatic carbocycles. The summed E-state index contributed by atoms with van der Waals surface area (Å²) < 4.78 is 2.53. The Hall–Kier alpha value is 0.650. The van der Waals surface area contributed by atoms with E-state index >= 15 is 0 Å². The molecule has 0 aliphatic carbocycles. The summed E-state index contributed by atoms with van der Waals surface area (Å²) in [5.74, 6) is 0. The van der Waals surface area contributed by atoms with E-state index in [9.17, 15) is 0 Å². The van der Waals surface area contributed by atoms with Gasteiger partial charge < -0.3 is 4.90 Å². The molecule has 2 nitrogen and oxygen atoms in total. The van der Waals surface area contributed by atoms with E-state index in [2.05, 4.69) is 37.9 Å². The first-order valence-electron chi connectivity index (χ1n) is 3.90. The van der Waals surface area contributed by atoms with Crippen molar-refractivity contribution in [1.82, 2.24) is 8.01 Å². The van der Waals surface area contributed by atoms with Crippen molar-refractivity contribution in [2.75, 3.05) is 20.1 Å². The van der Waals surface area contributed by atoms with Gasteiger partial charge in [-0.15, -0.1) is 0 Å². The summed E-state index contributed by atoms with van der Waals surface area (Å²) in [6.07, 6.45) is 2.83. The predicted octanol–water partition coefficient (Wildman–Crippen LogP) is 1.11. The molecule has 0 saturated carbocycles. The molecular weight excluding hydrogens is 239 g/mol. The fourth-order valence-corrected chi connectivity index (χ4v) is 2.97. The molecule has 10 heavy (non-hydrogen) atoms. The summed E-state index contributed by atoms with van der Waals surface area (Å²) in [5, 5.41) is 0. The fourth-order valence-electron chi connectivity index (χ4n) is 2.06. The topological polar surface area (TPSA) is 6.48 Å². The maximum Gasteiger partial charge on any atom is 0.0325 e. The number of likely N-dealkylation sites (N-methyl/N-ethyl adjacent to an activating group) is 1. The minimum absolute atomic E-state index is 0.851. The lowest BCUT2D eigenvalue weighted by Crippen LogP contribution is -2.47. The summed E-state index contributed by atoms with van der Waals surface area (Å²) in [7, 11) is 2.23. The van der Waals surface area contributed by atoms with Gasteiger partial charge >= 0.3 is 0 Å². The summed E-state index contributed by atoms with van der Waals surface area (Å²) in [4.78, 5) is 2.46. The van der Waals surface area contributed by atoms with Gasteiger partial charge in [0.05, 0.1) is 0 Å². The standard InChI is InChI=1S/C7H13IN2/c1-9-4-6-2-3-7(5-9)10(6)8/h6-7H,2-5H2,1H3/t6-,7?/m1/s1. The largest absolute Gasteiger partial charge is 0.303 e. The SMILES string of the molecule is CN1CC2CC[C@H](C1)N2I. The molecule has 0 aromatic heterocycles. The smallest absolute Gasteiger partial charge is 0.0325 e. The molecule has 2 saturated heterocycles. The average molecular weight is 252 g/mol. The molecule has 2 aliphatic rings. The number of hydrogen-bond donors (Lipinski definition) is 0. The first kappa shape index (κ1) is 7.31. The molecule has 2 fully saturated rings. The van der Waals surface area contributed by atoms with E-state index in [4.69, 9.17) is 0 Å². The minimum Gasteiger partial charge on any atom is -0.303 e. The molecule has 2 bridgehead atoms. The molecule has 2 aliphatic heterocycles. The summed E-state index contributed by atoms with van der Waals surface area (Å²) in [5.41, 5.74) is 0. The van der Waals surface area contributed by atoms with Gasteiger partial charge in [0.15, 0.2) is 0 Å². The van der Waals surface area contributed by atoms with Gasteiger partial charge in [-0.1, -0.05) is 0 Å². The average Bonchev–Trinajstić information content (AvgIpc) is 2.20. The van der Waals surface area contributed by atoms with Crippen LogP contribution in [-0.2, 0) is 0 Å². The zero-order chi connectivity index (χ0) is 7.14. The van der Waals surface area contributed by atoms with Gasteiger partial charge in [-0.2, -0.15) is 0 Å². The van der Waals surface area contributed by atoms with Gasteiger partial charge in [0.1, 0.15) is 0 Å². The quantitative estimate of drug-likeness (QED) is 0.471. The van der Waals surface area contributed by atoms with Crippen molar-refractivity contribution in [2.24, 2.45) is 0 Å². The van der Waals surface area contributed by atoms with Gasteiger partial charge in [-0.3, -0.25) is 0 Å². The lowest BCUT2D eigenvalue weighted by atomic mass is 10.2. The molecule has 2 atom stereocenters. The van der Waals surface area contributed by atoms with E-state index in [0.29, 0.717) is 0 Å². The number of likely N-dealkylation sites (tertiary alicyclic amines) is 1. The van der Waals surface area contributed by atoms with Crippen LogP contribution >= 0.6 is 22.9 Å². The molecule has 1 unspecified atom stereocenters. The maximum atomic E-state index is 2.53. The third-order valence-corrected chi connectivity index (χ3v) is 4.15. The van der Waals surface area contributed by atoms with Crippen LogP contribution in [0.2, 0.25) is 0 Å². The number of nitrogens with zero attached hydrogens (tertiary/aromatic N) is 2. The molecule has 0 aromatic rings. The van der Waals surface area contributed by atoms with Gasteiger partial charge in [0.25, 0.3) is 0 Å². The van der Waals surface area contributed by atoms with Gasteiger partial charge in [0.2, 0.25) is 0 Å². The third-order valence-electron chi connectivity index (χ3n) is 2.58. The lowest BCUT2D eigenvalue weighted by molar-refractivity contribution is 0.178. The Morgan fingerprint density at radius 1 is 1.20 bits per heavy atom. The second-order valence-corrected chi connectivity index (χ2v) is 4.56. The van der Waals surface area contributed by atoms with Crippen LogP contribution in [0.5, 0.6) is 0 Å². The van der Waals surface area contributed by atoms with Crippen LogP contribution in [0, 0.1) is 0 Å². The molecule has 2 rings (SSSR count). The first-order valence-corrected chi connectivity index (χ1v) is 4.86. The van der Waals surface area contributed by atoms with Crippen LogP contribution < -0.4 is 0 Å². The Kier molecular flexibility index (Phi) is 1.90. The fraction of sp³-hybridized carbons (Fsp3) is 1.00. The van der Waals surface area contributed by atoms with Crippen molar-refractivity contribution in [3.63, 3.8) is 0 Å². The van der Waals surface area contributed by atoms with Crippen molar-refractivity contribution in [3.05, 3.63) is 0 Å². The van der Waals surface area contributed by atoms with E-state index in [1.807, 2.05) is 0 Å². The normalized spacial score (nSPS) is 42.6. The third kappa shape index (κ3) is 1.08. The Morgan fingerprint density at radius 2 is 1.70 bits per heavy atom. The van der Waals surface area contributed by atoms with Crippen LogP contribution in [0.15, 0.2) is 0 Å². The van der Waals surface area contributed by atoms with Crippen LogP contribution in [-0.4, -0.2) is 40.2 Å². The predicted molar refractivity (Wildman–Crippen MR) is 50.2 cm³/mol. The zero-order valence-corrected chi connectivity index (χ0v) is 8.41. The molecule has 0 radical (unpaired) electrons. The summed E-state index contributed by atoms with van der Waals surface area (Å²) in [6, 6.07) is 1.70. The maximum absolute atomic E-state index is 2.53. The molecule has 58 valence electrons. The Balaban J connectivity index is 2.09. The molecule has 0 N–H and O–H groups in total. The van der Waals surface area contributed by atoms with Crippen molar-refractivity contribution in [3.8, 4) is 0 Å². The van der Waals surface area contributed by atoms with E-state index in [1.165, 1.54) is 25.9 Å². The van der Waals surface area contributed by atoms with Crippen molar-refractivity contribution >= 4 is 22.9 Å². The van der Waals surface area contributed by atoms with Gasteiger partial charge in [-0.25, -0.2) is 3.11 Å². The van der Waals surface area contributed by atoms with Crippen molar-refractivity contribution in [2.45, 2.75) is 24.9 Å². The van der Waals surface area contributed by atoms with Crippen LogP contribution in [0.1, 0.15) is 12.8 Å². The second kappa shape index (κ2) is 2.60. The van der Waals surface area contributed by atoms with Crippen LogP contribution in [0.4, 0.5) is 0 Å². The zero-order valence-electron chi connectivity index (χ0n) is 6.26. The Morgan fingerprint density at radius 3 is 2.20 bits per heavy atom. The number of halogens is 1. The highest BCUT2D eigenvalue weighted by atomic mass is 127. The summed E-state index contributed by atoms with van der Waals surface area (Å²) >= 11 is 2.49. The van der Waals surface area contributed by atoms with E-state index in [1.54, 1.807) is 0 Å². The molecular formula is C7H13IN2. The monoisotopic (exact) mass is 252 g/mol. The van der Waals surface area contributed by atoms with Gasteiger partial charge in [-0.05, 0) is 19.9 Å². The highest BCUT2D eigenvalue weighted by Crippen LogP contribution is 2.32. The first-order chi connectivity index (χ1) is 4.77. The number of piperazine rings is 1. The minimum atomic E-state index is 0.851.